The second-order valence-corrected chi connectivity index (χ2v) is 11.0. The van der Waals surface area contributed by atoms with Gasteiger partial charge in [-0.15, -0.1) is 23.1 Å². The largest absolute Gasteiger partial charge is 0.279 e. The Bertz CT molecular complexity index is 1470. The van der Waals surface area contributed by atoms with Crippen LogP contribution in [0.3, 0.4) is 0 Å². The number of carbonyl (C=O) groups is 1. The minimum Gasteiger partial charge on any atom is -0.279 e. The molecule has 0 amide bonds. The number of nitrogens with one attached hydrogen (secondary N) is 1. The molecular weight excluding hydrogens is 460 g/mol. The lowest BCUT2D eigenvalue weighted by Crippen LogP contribution is -2.12. The van der Waals surface area contributed by atoms with Crippen molar-refractivity contribution in [1.29, 1.82) is 0 Å². The normalized spacial score (nSPS) is 11.8. The zero-order valence-electron chi connectivity index (χ0n) is 16.8. The number of rotatable bonds is 6. The van der Waals surface area contributed by atoms with Crippen LogP contribution in [0.5, 0.6) is 0 Å². The monoisotopic (exact) mass is 478 g/mol. The molecule has 160 valence electrons. The van der Waals surface area contributed by atoms with Crippen LogP contribution >= 0.6 is 23.1 Å². The molecule has 1 N–H and O–H groups in total. The second kappa shape index (κ2) is 8.46. The van der Waals surface area contributed by atoms with Crippen molar-refractivity contribution in [1.82, 2.24) is 4.57 Å². The molecule has 0 atom stereocenters. The molecule has 0 aliphatic carbocycles. The van der Waals surface area contributed by atoms with Gasteiger partial charge in [-0.05, 0) is 47.8 Å². The van der Waals surface area contributed by atoms with Crippen molar-refractivity contribution < 1.29 is 13.2 Å². The number of fused-ring (bicyclic) bond motifs is 3. The summed E-state index contributed by atoms with van der Waals surface area (Å²) in [6.07, 6.45) is 0. The topological polar surface area (TPSA) is 68.2 Å². The SMILES string of the molecule is O=C(CSc1ccc(NS(=O)(=O)c2cccs2)cc1)n1c2ccccc2c2ccccc21. The first kappa shape index (κ1) is 20.8. The van der Waals surface area contributed by atoms with E-state index in [0.29, 0.717) is 5.69 Å². The summed E-state index contributed by atoms with van der Waals surface area (Å²) in [5.41, 5.74) is 2.28. The highest BCUT2D eigenvalue weighted by atomic mass is 32.2. The number of para-hydroxylation sites is 2. The lowest BCUT2D eigenvalue weighted by Gasteiger charge is -2.08. The summed E-state index contributed by atoms with van der Waals surface area (Å²) >= 11 is 2.59. The molecule has 0 saturated heterocycles. The van der Waals surface area contributed by atoms with Crippen molar-refractivity contribution in [2.24, 2.45) is 0 Å². The highest BCUT2D eigenvalue weighted by Gasteiger charge is 2.17. The Morgan fingerprint density at radius 2 is 1.47 bits per heavy atom. The predicted octanol–water partition coefficient (Wildman–Crippen LogP) is 6.09. The summed E-state index contributed by atoms with van der Waals surface area (Å²) < 4.78 is 29.3. The molecule has 5 nitrogen and oxygen atoms in total. The van der Waals surface area contributed by atoms with Crippen LogP contribution in [0.2, 0.25) is 0 Å². The van der Waals surface area contributed by atoms with E-state index in [2.05, 4.69) is 4.72 Å². The van der Waals surface area contributed by atoms with Crippen LogP contribution < -0.4 is 4.72 Å². The quantitative estimate of drug-likeness (QED) is 0.300. The van der Waals surface area contributed by atoms with Crippen LogP contribution in [0.15, 0.2) is 99.4 Å². The molecule has 0 aliphatic heterocycles. The summed E-state index contributed by atoms with van der Waals surface area (Å²) in [6, 6.07) is 26.1. The molecule has 3 aromatic carbocycles. The number of anilines is 1. The second-order valence-electron chi connectivity index (χ2n) is 7.11. The number of carbonyl (C=O) groups excluding carboxylic acids is 1. The van der Waals surface area contributed by atoms with E-state index in [1.54, 1.807) is 34.2 Å². The first-order chi connectivity index (χ1) is 15.5. The molecule has 5 aromatic rings. The molecule has 0 aliphatic rings. The van der Waals surface area contributed by atoms with Gasteiger partial charge in [0.25, 0.3) is 10.0 Å². The van der Waals surface area contributed by atoms with Gasteiger partial charge in [0.2, 0.25) is 5.91 Å². The first-order valence-electron chi connectivity index (χ1n) is 9.83. The average Bonchev–Trinajstić information content (AvgIpc) is 3.46. The predicted molar refractivity (Wildman–Crippen MR) is 132 cm³/mol. The summed E-state index contributed by atoms with van der Waals surface area (Å²) in [5, 5.41) is 3.84. The van der Waals surface area contributed by atoms with E-state index in [4.69, 9.17) is 0 Å². The third-order valence-corrected chi connectivity index (χ3v) is 8.83. The van der Waals surface area contributed by atoms with Crippen LogP contribution in [0.4, 0.5) is 5.69 Å². The van der Waals surface area contributed by atoms with Gasteiger partial charge >= 0.3 is 0 Å². The highest BCUT2D eigenvalue weighted by Crippen LogP contribution is 2.30. The van der Waals surface area contributed by atoms with E-state index < -0.39 is 10.0 Å². The number of hydrogen-bond acceptors (Lipinski definition) is 5. The number of hydrogen-bond donors (Lipinski definition) is 1. The maximum absolute atomic E-state index is 13.1. The van der Waals surface area contributed by atoms with Crippen LogP contribution in [-0.4, -0.2) is 24.6 Å². The molecule has 0 saturated carbocycles. The van der Waals surface area contributed by atoms with Gasteiger partial charge in [0.1, 0.15) is 4.21 Å². The number of benzene rings is 3. The molecule has 2 aromatic heterocycles. The standard InChI is InChI=1S/C24H18N2O3S3/c27-23(26-21-8-3-1-6-19(21)20-7-2-4-9-22(20)26)16-31-18-13-11-17(12-14-18)25-32(28,29)24-10-5-15-30-24/h1-15,25H,16H2. The van der Waals surface area contributed by atoms with Crippen molar-refractivity contribution in [3.63, 3.8) is 0 Å². The Morgan fingerprint density at radius 3 is 2.06 bits per heavy atom. The number of sulfonamides is 1. The summed E-state index contributed by atoms with van der Waals surface area (Å²) in [7, 11) is -3.58. The fourth-order valence-electron chi connectivity index (χ4n) is 3.64. The van der Waals surface area contributed by atoms with Gasteiger partial charge in [-0.1, -0.05) is 42.5 Å². The third kappa shape index (κ3) is 3.92. The minimum absolute atomic E-state index is 0.00475. The summed E-state index contributed by atoms with van der Waals surface area (Å²) in [5.74, 6) is 0.262. The molecule has 0 radical (unpaired) electrons. The van der Waals surface area contributed by atoms with Crippen LogP contribution in [0.1, 0.15) is 4.79 Å². The van der Waals surface area contributed by atoms with Gasteiger partial charge in [0.05, 0.1) is 16.8 Å². The van der Waals surface area contributed by atoms with Crippen molar-refractivity contribution >= 4 is 66.5 Å². The van der Waals surface area contributed by atoms with Gasteiger partial charge in [0, 0.05) is 21.4 Å². The molecule has 32 heavy (non-hydrogen) atoms. The smallest absolute Gasteiger partial charge is 0.271 e. The van der Waals surface area contributed by atoms with Crippen LogP contribution in [0.25, 0.3) is 21.8 Å². The first-order valence-corrected chi connectivity index (χ1v) is 13.2. The Morgan fingerprint density at radius 1 is 0.844 bits per heavy atom. The fraction of sp³-hybridized carbons (Fsp3) is 0.0417. The third-order valence-electron chi connectivity index (χ3n) is 5.06. The highest BCUT2D eigenvalue weighted by molar-refractivity contribution is 8.00. The van der Waals surface area contributed by atoms with E-state index in [9.17, 15) is 13.2 Å². The Hall–Kier alpha value is -3.07. The summed E-state index contributed by atoms with van der Waals surface area (Å²) in [6.45, 7) is 0. The van der Waals surface area contributed by atoms with Gasteiger partial charge in [-0.2, -0.15) is 0 Å². The lowest BCUT2D eigenvalue weighted by atomic mass is 10.2. The zero-order valence-corrected chi connectivity index (χ0v) is 19.2. The van der Waals surface area contributed by atoms with Crippen molar-refractivity contribution in [3.05, 3.63) is 90.3 Å². The molecule has 0 bridgehead atoms. The molecular formula is C24H18N2O3S3. The molecule has 8 heteroatoms. The lowest BCUT2D eigenvalue weighted by molar-refractivity contribution is 0.0951. The summed E-state index contributed by atoms with van der Waals surface area (Å²) in [4.78, 5) is 14.0. The van der Waals surface area contributed by atoms with Crippen molar-refractivity contribution in [2.45, 2.75) is 9.10 Å². The number of aromatic nitrogens is 1. The molecule has 0 fully saturated rings. The van der Waals surface area contributed by atoms with Crippen molar-refractivity contribution in [2.75, 3.05) is 10.5 Å². The number of nitrogens with zero attached hydrogens (tertiary/aromatic N) is 1. The Balaban J connectivity index is 1.33. The van der Waals surface area contributed by atoms with E-state index in [1.165, 1.54) is 23.1 Å². The average molecular weight is 479 g/mol. The maximum Gasteiger partial charge on any atom is 0.271 e. The number of thioether (sulfide) groups is 1. The Labute approximate surface area is 193 Å². The van der Waals surface area contributed by atoms with E-state index in [-0.39, 0.29) is 15.9 Å². The van der Waals surface area contributed by atoms with Crippen LogP contribution in [0, 0.1) is 0 Å². The number of thiophene rings is 1. The van der Waals surface area contributed by atoms with Gasteiger partial charge in [-0.25, -0.2) is 8.42 Å². The Kier molecular flexibility index (Phi) is 5.50. The molecule has 2 heterocycles. The molecule has 0 unspecified atom stereocenters. The van der Waals surface area contributed by atoms with Crippen molar-refractivity contribution in [3.8, 4) is 0 Å². The van der Waals surface area contributed by atoms with Gasteiger partial charge in [0.15, 0.2) is 0 Å². The molecule has 5 rings (SSSR count). The minimum atomic E-state index is -3.58. The van der Waals surface area contributed by atoms with E-state index >= 15 is 0 Å². The molecule has 0 spiro atoms. The zero-order chi connectivity index (χ0) is 22.1. The maximum atomic E-state index is 13.1. The van der Waals surface area contributed by atoms with E-state index in [0.717, 1.165) is 26.7 Å². The van der Waals surface area contributed by atoms with E-state index in [1.807, 2.05) is 60.7 Å². The van der Waals surface area contributed by atoms with Gasteiger partial charge in [-0.3, -0.25) is 14.1 Å². The van der Waals surface area contributed by atoms with Crippen LogP contribution in [-0.2, 0) is 10.0 Å². The fourth-order valence-corrected chi connectivity index (χ4v) is 6.44. The van der Waals surface area contributed by atoms with Gasteiger partial charge < -0.3 is 0 Å².